The van der Waals surface area contributed by atoms with Crippen molar-refractivity contribution < 1.29 is 14.3 Å². The number of rotatable bonds is 5. The van der Waals surface area contributed by atoms with Crippen molar-refractivity contribution in [3.8, 4) is 0 Å². The van der Waals surface area contributed by atoms with E-state index in [1.165, 1.54) is 6.92 Å². The number of ether oxygens (including phenoxy) is 1. The van der Waals surface area contributed by atoms with Gasteiger partial charge in [0, 0.05) is 6.92 Å². The van der Waals surface area contributed by atoms with Crippen LogP contribution in [0, 0.1) is 0 Å². The van der Waals surface area contributed by atoms with Crippen molar-refractivity contribution in [2.75, 3.05) is 6.54 Å². The van der Waals surface area contributed by atoms with Crippen molar-refractivity contribution in [1.82, 2.24) is 0 Å². The highest BCUT2D eigenvalue weighted by Crippen LogP contribution is 1.99. The van der Waals surface area contributed by atoms with E-state index in [9.17, 15) is 9.59 Å². The van der Waals surface area contributed by atoms with Crippen LogP contribution in [0.25, 0.3) is 0 Å². The summed E-state index contributed by atoms with van der Waals surface area (Å²) in [5.74, 6) is -1.29. The molecule has 0 saturated heterocycles. The maximum atomic E-state index is 10.9. The summed E-state index contributed by atoms with van der Waals surface area (Å²) in [6.07, 6.45) is 2.09. The van der Waals surface area contributed by atoms with Gasteiger partial charge in [-0.2, -0.15) is 0 Å². The molecule has 0 amide bonds. The van der Waals surface area contributed by atoms with Crippen LogP contribution in [0.3, 0.4) is 0 Å². The summed E-state index contributed by atoms with van der Waals surface area (Å²) in [6.45, 7) is 1.75. The second-order valence-corrected chi connectivity index (χ2v) is 2.80. The molecule has 0 spiro atoms. The van der Waals surface area contributed by atoms with Crippen LogP contribution in [-0.4, -0.2) is 24.5 Å². The van der Waals surface area contributed by atoms with E-state index in [2.05, 4.69) is 4.74 Å². The zero-order chi connectivity index (χ0) is 10.3. The highest BCUT2D eigenvalue weighted by Gasteiger charge is 2.15. The first-order valence-electron chi connectivity index (χ1n) is 4.26. The molecule has 0 heterocycles. The van der Waals surface area contributed by atoms with Gasteiger partial charge in [0.1, 0.15) is 6.04 Å². The first-order valence-corrected chi connectivity index (χ1v) is 4.26. The second-order valence-electron chi connectivity index (χ2n) is 2.80. The van der Waals surface area contributed by atoms with Gasteiger partial charge in [0.15, 0.2) is 0 Å². The minimum absolute atomic E-state index is 0.503. The van der Waals surface area contributed by atoms with E-state index < -0.39 is 18.0 Å². The van der Waals surface area contributed by atoms with Crippen molar-refractivity contribution in [3.05, 3.63) is 0 Å². The third-order valence-electron chi connectivity index (χ3n) is 1.52. The van der Waals surface area contributed by atoms with Crippen LogP contribution in [0.5, 0.6) is 0 Å². The summed E-state index contributed by atoms with van der Waals surface area (Å²) in [4.78, 5) is 21.3. The summed E-state index contributed by atoms with van der Waals surface area (Å²) in [5.41, 5.74) is 10.7. The average molecular weight is 188 g/mol. The van der Waals surface area contributed by atoms with Gasteiger partial charge in [-0.1, -0.05) is 6.42 Å². The molecule has 13 heavy (non-hydrogen) atoms. The standard InChI is InChI=1S/C8H16N2O3/c1-6(11)13-8(12)7(10)4-2-3-5-9/h7H,2-5,9-10H2,1H3. The lowest BCUT2D eigenvalue weighted by Crippen LogP contribution is -2.33. The molecule has 1 atom stereocenters. The first-order chi connectivity index (χ1) is 6.07. The molecular formula is C8H16N2O3. The molecule has 4 N–H and O–H groups in total. The number of carbonyl (C=O) groups is 2. The molecular weight excluding hydrogens is 172 g/mol. The summed E-state index contributed by atoms with van der Waals surface area (Å²) >= 11 is 0. The Hall–Kier alpha value is -0.940. The van der Waals surface area contributed by atoms with E-state index in [-0.39, 0.29) is 0 Å². The fraction of sp³-hybridized carbons (Fsp3) is 0.750. The maximum Gasteiger partial charge on any atom is 0.330 e. The van der Waals surface area contributed by atoms with Gasteiger partial charge in [0.2, 0.25) is 0 Å². The Morgan fingerprint density at radius 2 is 2.00 bits per heavy atom. The molecule has 0 aliphatic carbocycles. The van der Waals surface area contributed by atoms with E-state index in [4.69, 9.17) is 11.5 Å². The van der Waals surface area contributed by atoms with E-state index in [0.717, 1.165) is 12.8 Å². The van der Waals surface area contributed by atoms with Gasteiger partial charge in [-0.15, -0.1) is 0 Å². The van der Waals surface area contributed by atoms with Gasteiger partial charge in [-0.25, -0.2) is 4.79 Å². The Morgan fingerprint density at radius 1 is 1.38 bits per heavy atom. The van der Waals surface area contributed by atoms with Gasteiger partial charge in [0.25, 0.3) is 0 Å². The number of carbonyl (C=O) groups excluding carboxylic acids is 2. The van der Waals surface area contributed by atoms with Crippen LogP contribution in [0.4, 0.5) is 0 Å². The van der Waals surface area contributed by atoms with Gasteiger partial charge < -0.3 is 16.2 Å². The predicted octanol–water partition coefficient (Wildman–Crippen LogP) is -0.468. The van der Waals surface area contributed by atoms with Crippen LogP contribution in [-0.2, 0) is 14.3 Å². The largest absolute Gasteiger partial charge is 0.392 e. The van der Waals surface area contributed by atoms with Crippen molar-refractivity contribution in [2.24, 2.45) is 11.5 Å². The number of esters is 2. The molecule has 0 aliphatic heterocycles. The smallest absolute Gasteiger partial charge is 0.330 e. The molecule has 76 valence electrons. The zero-order valence-electron chi connectivity index (χ0n) is 7.79. The highest BCUT2D eigenvalue weighted by atomic mass is 16.6. The van der Waals surface area contributed by atoms with Crippen LogP contribution in [0.1, 0.15) is 26.2 Å². The molecule has 0 aromatic rings. The van der Waals surface area contributed by atoms with E-state index in [1.807, 2.05) is 0 Å². The van der Waals surface area contributed by atoms with Crippen LogP contribution in [0.15, 0.2) is 0 Å². The predicted molar refractivity (Wildman–Crippen MR) is 47.7 cm³/mol. The minimum Gasteiger partial charge on any atom is -0.392 e. The summed E-state index contributed by atoms with van der Waals surface area (Å²) < 4.78 is 4.31. The molecule has 0 aromatic carbocycles. The molecule has 0 fully saturated rings. The molecule has 0 aromatic heterocycles. The molecule has 0 bridgehead atoms. The lowest BCUT2D eigenvalue weighted by Gasteiger charge is -2.08. The quantitative estimate of drug-likeness (QED) is 0.345. The average Bonchev–Trinajstić information content (AvgIpc) is 2.03. The SMILES string of the molecule is CC(=O)OC(=O)C(N)CCCCN. The Bertz CT molecular complexity index is 182. The van der Waals surface area contributed by atoms with E-state index >= 15 is 0 Å². The van der Waals surface area contributed by atoms with Crippen molar-refractivity contribution in [3.63, 3.8) is 0 Å². The molecule has 0 aliphatic rings. The third kappa shape index (κ3) is 6.24. The third-order valence-corrected chi connectivity index (χ3v) is 1.52. The Labute approximate surface area is 77.4 Å². The number of hydrogen-bond donors (Lipinski definition) is 2. The molecule has 5 heteroatoms. The van der Waals surface area contributed by atoms with Gasteiger partial charge in [-0.3, -0.25) is 4.79 Å². The fourth-order valence-electron chi connectivity index (χ4n) is 0.844. The van der Waals surface area contributed by atoms with Crippen LogP contribution >= 0.6 is 0 Å². The molecule has 0 rings (SSSR count). The Kier molecular flexibility index (Phi) is 6.09. The number of nitrogens with two attached hydrogens (primary N) is 2. The number of hydrogen-bond acceptors (Lipinski definition) is 5. The first kappa shape index (κ1) is 12.1. The lowest BCUT2D eigenvalue weighted by atomic mass is 10.1. The van der Waals surface area contributed by atoms with Crippen molar-refractivity contribution >= 4 is 11.9 Å². The lowest BCUT2D eigenvalue weighted by molar-refractivity contribution is -0.159. The van der Waals surface area contributed by atoms with Gasteiger partial charge in [-0.05, 0) is 19.4 Å². The van der Waals surface area contributed by atoms with E-state index in [1.54, 1.807) is 0 Å². The molecule has 1 unspecified atom stereocenters. The topological polar surface area (TPSA) is 95.4 Å². The molecule has 0 radical (unpaired) electrons. The van der Waals surface area contributed by atoms with E-state index in [0.29, 0.717) is 13.0 Å². The summed E-state index contributed by atoms with van der Waals surface area (Å²) in [7, 11) is 0. The summed E-state index contributed by atoms with van der Waals surface area (Å²) in [5, 5.41) is 0. The number of unbranched alkanes of at least 4 members (excludes halogenated alkanes) is 1. The second kappa shape index (κ2) is 6.56. The van der Waals surface area contributed by atoms with Gasteiger partial charge >= 0.3 is 11.9 Å². The normalized spacial score (nSPS) is 12.2. The summed E-state index contributed by atoms with van der Waals surface area (Å²) in [6, 6.07) is -0.713. The molecule has 0 saturated carbocycles. The Morgan fingerprint density at radius 3 is 2.46 bits per heavy atom. The molecule has 5 nitrogen and oxygen atoms in total. The van der Waals surface area contributed by atoms with Crippen molar-refractivity contribution in [1.29, 1.82) is 0 Å². The highest BCUT2D eigenvalue weighted by molar-refractivity contribution is 5.87. The zero-order valence-corrected chi connectivity index (χ0v) is 7.79. The Balaban J connectivity index is 3.63. The monoisotopic (exact) mass is 188 g/mol. The van der Waals surface area contributed by atoms with Crippen LogP contribution in [0.2, 0.25) is 0 Å². The maximum absolute atomic E-state index is 10.9. The minimum atomic E-state index is -0.713. The van der Waals surface area contributed by atoms with Gasteiger partial charge in [0.05, 0.1) is 0 Å². The van der Waals surface area contributed by atoms with Crippen LogP contribution < -0.4 is 11.5 Å². The fourth-order valence-corrected chi connectivity index (χ4v) is 0.844. The van der Waals surface area contributed by atoms with Crippen molar-refractivity contribution in [2.45, 2.75) is 32.2 Å².